The van der Waals surface area contributed by atoms with Crippen molar-refractivity contribution in [2.75, 3.05) is 13.7 Å². The zero-order valence-corrected chi connectivity index (χ0v) is 17.1. The van der Waals surface area contributed by atoms with Crippen molar-refractivity contribution in [3.05, 3.63) is 45.4 Å². The number of rotatable bonds is 7. The zero-order valence-electron chi connectivity index (χ0n) is 15.5. The number of ketones is 1. The minimum atomic E-state index is -0.374. The van der Waals surface area contributed by atoms with Crippen LogP contribution < -0.4 is 4.74 Å². The van der Waals surface area contributed by atoms with Crippen molar-refractivity contribution < 1.29 is 19.1 Å². The van der Waals surface area contributed by atoms with Gasteiger partial charge in [-0.15, -0.1) is 10.2 Å². The topological polar surface area (TPSA) is 112 Å². The Kier molecular flexibility index (Phi) is 5.88. The van der Waals surface area contributed by atoms with Crippen molar-refractivity contribution in [3.8, 4) is 17.4 Å². The normalized spacial score (nSPS) is 10.7. The molecule has 0 radical (unpaired) electrons. The summed E-state index contributed by atoms with van der Waals surface area (Å²) in [6, 6.07) is 7.13. The van der Waals surface area contributed by atoms with Crippen LogP contribution in [-0.2, 0) is 16.1 Å². The van der Waals surface area contributed by atoms with Gasteiger partial charge in [0.2, 0.25) is 11.7 Å². The summed E-state index contributed by atoms with van der Waals surface area (Å²) in [5.41, 5.74) is 2.13. The Morgan fingerprint density at radius 3 is 2.79 bits per heavy atom. The van der Waals surface area contributed by atoms with Gasteiger partial charge < -0.3 is 14.5 Å². The molecule has 0 amide bonds. The number of carbonyl (C=O) groups is 2. The molecule has 0 saturated carbocycles. The lowest BCUT2D eigenvalue weighted by Crippen LogP contribution is -2.11. The Bertz CT molecular complexity index is 1030. The second-order valence-electron chi connectivity index (χ2n) is 5.92. The highest BCUT2D eigenvalue weighted by molar-refractivity contribution is 9.10. The highest BCUT2D eigenvalue weighted by Crippen LogP contribution is 2.32. The third kappa shape index (κ3) is 4.11. The molecule has 0 fully saturated rings. The van der Waals surface area contributed by atoms with E-state index in [-0.39, 0.29) is 24.9 Å². The highest BCUT2D eigenvalue weighted by atomic mass is 79.9. The molecule has 1 N–H and O–H groups in total. The minimum absolute atomic E-state index is 0.144. The number of esters is 1. The predicted molar refractivity (Wildman–Crippen MR) is 103 cm³/mol. The van der Waals surface area contributed by atoms with Crippen LogP contribution in [-0.4, -0.2) is 50.7 Å². The molecule has 10 heteroatoms. The van der Waals surface area contributed by atoms with Crippen LogP contribution in [0.1, 0.15) is 28.4 Å². The Balaban J connectivity index is 1.91. The number of aromatic nitrogens is 5. The van der Waals surface area contributed by atoms with Crippen LogP contribution in [0, 0.1) is 6.92 Å². The lowest BCUT2D eigenvalue weighted by atomic mass is 10.0. The van der Waals surface area contributed by atoms with Gasteiger partial charge in [0.25, 0.3) is 0 Å². The summed E-state index contributed by atoms with van der Waals surface area (Å²) in [6.07, 6.45) is 0. The molecule has 1 aromatic carbocycles. The van der Waals surface area contributed by atoms with Crippen molar-refractivity contribution >= 4 is 27.7 Å². The van der Waals surface area contributed by atoms with E-state index in [0.29, 0.717) is 34.1 Å². The molecular weight excluding hydrogens is 430 g/mol. The van der Waals surface area contributed by atoms with Crippen LogP contribution in [0.25, 0.3) is 11.5 Å². The summed E-state index contributed by atoms with van der Waals surface area (Å²) in [5, 5.41) is 12.2. The molecule has 0 aliphatic carbocycles. The summed E-state index contributed by atoms with van der Waals surface area (Å²) in [7, 11) is 1.48. The van der Waals surface area contributed by atoms with Gasteiger partial charge in [-0.1, -0.05) is 28.1 Å². The first-order chi connectivity index (χ1) is 13.4. The first-order valence-electron chi connectivity index (χ1n) is 8.39. The molecule has 0 spiro atoms. The number of ether oxygens (including phenoxy) is 2. The van der Waals surface area contributed by atoms with E-state index in [1.165, 1.54) is 18.8 Å². The molecule has 28 heavy (non-hydrogen) atoms. The molecule has 0 saturated heterocycles. The molecule has 3 rings (SSSR count). The van der Waals surface area contributed by atoms with Gasteiger partial charge in [0, 0.05) is 17.0 Å². The number of H-pyrrole nitrogens is 1. The lowest BCUT2D eigenvalue weighted by Gasteiger charge is -2.04. The molecule has 3 aromatic rings. The smallest absolute Gasteiger partial charge is 0.302 e. The van der Waals surface area contributed by atoms with Crippen molar-refractivity contribution in [2.24, 2.45) is 0 Å². The molecule has 0 atom stereocenters. The van der Waals surface area contributed by atoms with E-state index in [2.05, 4.69) is 36.3 Å². The molecule has 9 nitrogen and oxygen atoms in total. The second-order valence-corrected chi connectivity index (χ2v) is 6.84. The van der Waals surface area contributed by atoms with E-state index in [9.17, 15) is 9.59 Å². The van der Waals surface area contributed by atoms with Gasteiger partial charge in [-0.2, -0.15) is 4.80 Å². The van der Waals surface area contributed by atoms with E-state index >= 15 is 0 Å². The summed E-state index contributed by atoms with van der Waals surface area (Å²) in [5.74, 6) is 0.0852. The molecule has 2 heterocycles. The third-order valence-corrected chi connectivity index (χ3v) is 4.50. The number of nitrogens with one attached hydrogen (secondary N) is 1. The molecule has 0 bridgehead atoms. The van der Waals surface area contributed by atoms with E-state index in [1.807, 2.05) is 6.07 Å². The molecule has 0 unspecified atom stereocenters. The first-order valence-corrected chi connectivity index (χ1v) is 9.18. The van der Waals surface area contributed by atoms with Crippen LogP contribution >= 0.6 is 15.9 Å². The Morgan fingerprint density at radius 2 is 2.11 bits per heavy atom. The summed E-state index contributed by atoms with van der Waals surface area (Å²) >= 11 is 3.38. The molecular formula is C18H18BrN5O4. The van der Waals surface area contributed by atoms with E-state index < -0.39 is 0 Å². The Hall–Kier alpha value is -3.01. The van der Waals surface area contributed by atoms with E-state index in [0.717, 1.165) is 4.47 Å². The standard InChI is InChI=1S/C18H18BrN5O4/c1-10-14(16(26)12-5-4-6-13(19)9-12)18(27-3)20-15(10)17-21-23-24(22-17)7-8-28-11(2)25/h4-6,9,20H,7-8H2,1-3H3. The SMILES string of the molecule is COc1[nH]c(-c2nnn(CCOC(C)=O)n2)c(C)c1C(=O)c1cccc(Br)c1. The fourth-order valence-electron chi connectivity index (χ4n) is 2.70. The number of tetrazole rings is 1. The van der Waals surface area contributed by atoms with Crippen LogP contribution in [0.3, 0.4) is 0 Å². The van der Waals surface area contributed by atoms with Gasteiger partial charge in [0.05, 0.1) is 24.9 Å². The number of methoxy groups -OCH3 is 1. The zero-order chi connectivity index (χ0) is 20.3. The van der Waals surface area contributed by atoms with Gasteiger partial charge >= 0.3 is 5.97 Å². The lowest BCUT2D eigenvalue weighted by molar-refractivity contribution is -0.141. The van der Waals surface area contributed by atoms with E-state index in [4.69, 9.17) is 9.47 Å². The second kappa shape index (κ2) is 8.34. The number of benzene rings is 1. The van der Waals surface area contributed by atoms with Gasteiger partial charge in [-0.25, -0.2) is 0 Å². The molecule has 0 aliphatic rings. The maximum Gasteiger partial charge on any atom is 0.302 e. The molecule has 2 aromatic heterocycles. The van der Waals surface area contributed by atoms with Crippen molar-refractivity contribution in [3.63, 3.8) is 0 Å². The average Bonchev–Trinajstić information content (AvgIpc) is 3.25. The summed E-state index contributed by atoms with van der Waals surface area (Å²) < 4.78 is 11.1. The largest absolute Gasteiger partial charge is 0.482 e. The van der Waals surface area contributed by atoms with Crippen molar-refractivity contribution in [2.45, 2.75) is 20.4 Å². The number of carbonyl (C=O) groups excluding carboxylic acids is 2. The molecule has 146 valence electrons. The average molecular weight is 448 g/mol. The first kappa shape index (κ1) is 19.7. The third-order valence-electron chi connectivity index (χ3n) is 4.01. The number of hydrogen-bond acceptors (Lipinski definition) is 7. The van der Waals surface area contributed by atoms with Gasteiger partial charge in [0.1, 0.15) is 6.61 Å². The fraction of sp³-hybridized carbons (Fsp3) is 0.278. The van der Waals surface area contributed by atoms with Crippen LogP contribution in [0.15, 0.2) is 28.7 Å². The van der Waals surface area contributed by atoms with Gasteiger partial charge in [0.15, 0.2) is 5.78 Å². The quantitative estimate of drug-likeness (QED) is 0.437. The number of aromatic amines is 1. The number of hydrogen-bond donors (Lipinski definition) is 1. The van der Waals surface area contributed by atoms with Crippen LogP contribution in [0.5, 0.6) is 5.88 Å². The van der Waals surface area contributed by atoms with Gasteiger partial charge in [-0.05, 0) is 29.8 Å². The maximum atomic E-state index is 13.0. The molecule has 0 aliphatic heterocycles. The van der Waals surface area contributed by atoms with E-state index in [1.54, 1.807) is 25.1 Å². The predicted octanol–water partition coefficient (Wildman–Crippen LogP) is 2.54. The maximum absolute atomic E-state index is 13.0. The number of nitrogens with zero attached hydrogens (tertiary/aromatic N) is 4. The number of halogens is 1. The van der Waals surface area contributed by atoms with Crippen LogP contribution in [0.4, 0.5) is 0 Å². The Morgan fingerprint density at radius 1 is 1.32 bits per heavy atom. The van der Waals surface area contributed by atoms with Crippen LogP contribution in [0.2, 0.25) is 0 Å². The fourth-order valence-corrected chi connectivity index (χ4v) is 3.10. The van der Waals surface area contributed by atoms with Crippen molar-refractivity contribution in [1.82, 2.24) is 25.2 Å². The summed E-state index contributed by atoms with van der Waals surface area (Å²) in [6.45, 7) is 3.54. The summed E-state index contributed by atoms with van der Waals surface area (Å²) in [4.78, 5) is 28.2. The highest BCUT2D eigenvalue weighted by Gasteiger charge is 2.25. The monoisotopic (exact) mass is 447 g/mol. The minimum Gasteiger partial charge on any atom is -0.482 e. The van der Waals surface area contributed by atoms with Gasteiger partial charge in [-0.3, -0.25) is 9.59 Å². The van der Waals surface area contributed by atoms with Crippen molar-refractivity contribution in [1.29, 1.82) is 0 Å². The Labute approximate surface area is 169 Å².